The van der Waals surface area contributed by atoms with Crippen LogP contribution in [0.3, 0.4) is 0 Å². The predicted molar refractivity (Wildman–Crippen MR) is 71.9 cm³/mol. The molecule has 0 aromatic carbocycles. The van der Waals surface area contributed by atoms with Crippen molar-refractivity contribution in [1.29, 1.82) is 0 Å². The van der Waals surface area contributed by atoms with Gasteiger partial charge in [0.25, 0.3) is 0 Å². The Labute approximate surface area is 118 Å². The molecule has 130 valence electrons. The zero-order valence-corrected chi connectivity index (χ0v) is 11.6. The molecule has 0 saturated heterocycles. The third-order valence-corrected chi connectivity index (χ3v) is 1.59. The Bertz CT molecular complexity index is 113. The van der Waals surface area contributed by atoms with Gasteiger partial charge in [-0.15, -0.1) is 0 Å². The molecule has 0 bridgehead atoms. The summed E-state index contributed by atoms with van der Waals surface area (Å²) in [7, 11) is 0. The summed E-state index contributed by atoms with van der Waals surface area (Å²) < 4.78 is 20.4. The SMILES string of the molecule is O.O.O.O.OCCOCCOCCOCCOCCO. The topological polar surface area (TPSA) is 203 Å². The van der Waals surface area contributed by atoms with E-state index >= 15 is 0 Å². The maximum Gasteiger partial charge on any atom is 0.0701 e. The van der Waals surface area contributed by atoms with E-state index in [0.29, 0.717) is 52.9 Å². The van der Waals surface area contributed by atoms with E-state index in [0.717, 1.165) is 0 Å². The molecule has 0 saturated carbocycles. The van der Waals surface area contributed by atoms with Crippen LogP contribution >= 0.6 is 0 Å². The predicted octanol–water partition coefficient (Wildman–Crippen LogP) is -4.26. The van der Waals surface area contributed by atoms with Crippen LogP contribution in [0.25, 0.3) is 0 Å². The van der Waals surface area contributed by atoms with Crippen molar-refractivity contribution in [3.63, 3.8) is 0 Å². The molecule has 0 spiro atoms. The summed E-state index contributed by atoms with van der Waals surface area (Å²) in [5.74, 6) is 0. The number of ether oxygens (including phenoxy) is 4. The van der Waals surface area contributed by atoms with Crippen LogP contribution in [0.15, 0.2) is 0 Å². The highest BCUT2D eigenvalue weighted by molar-refractivity contribution is 4.34. The molecule has 0 radical (unpaired) electrons. The van der Waals surface area contributed by atoms with Crippen molar-refractivity contribution >= 4 is 0 Å². The maximum atomic E-state index is 8.41. The van der Waals surface area contributed by atoms with E-state index in [1.807, 2.05) is 0 Å². The quantitative estimate of drug-likeness (QED) is 0.322. The second kappa shape index (κ2) is 31.2. The second-order valence-corrected chi connectivity index (χ2v) is 2.90. The van der Waals surface area contributed by atoms with Gasteiger partial charge in [-0.3, -0.25) is 0 Å². The van der Waals surface area contributed by atoms with E-state index in [9.17, 15) is 0 Å². The van der Waals surface area contributed by atoms with Crippen LogP contribution in [-0.2, 0) is 18.9 Å². The van der Waals surface area contributed by atoms with Crippen molar-refractivity contribution in [2.45, 2.75) is 0 Å². The number of rotatable bonds is 13. The van der Waals surface area contributed by atoms with Gasteiger partial charge in [-0.25, -0.2) is 0 Å². The van der Waals surface area contributed by atoms with Crippen molar-refractivity contribution in [3.05, 3.63) is 0 Å². The normalized spacial score (nSPS) is 8.70. The third-order valence-electron chi connectivity index (χ3n) is 1.59. The smallest absolute Gasteiger partial charge is 0.0701 e. The lowest BCUT2D eigenvalue weighted by atomic mass is 10.7. The largest absolute Gasteiger partial charge is 0.412 e. The van der Waals surface area contributed by atoms with Crippen molar-refractivity contribution in [2.24, 2.45) is 0 Å². The molecule has 0 amide bonds. The second-order valence-electron chi connectivity index (χ2n) is 2.90. The number of hydrogen-bond donors (Lipinski definition) is 2. The van der Waals surface area contributed by atoms with Gasteiger partial charge in [0.1, 0.15) is 0 Å². The molecule has 0 aromatic rings. The summed E-state index contributed by atoms with van der Waals surface area (Å²) in [6.07, 6.45) is 0. The molecule has 10 heteroatoms. The van der Waals surface area contributed by atoms with Gasteiger partial charge >= 0.3 is 0 Å². The Kier molecular flexibility index (Phi) is 49.5. The van der Waals surface area contributed by atoms with Gasteiger partial charge in [-0.2, -0.15) is 0 Å². The first kappa shape index (κ1) is 31.8. The number of aliphatic hydroxyl groups is 2. The first-order valence-electron chi connectivity index (χ1n) is 5.44. The van der Waals surface area contributed by atoms with E-state index in [2.05, 4.69) is 0 Å². The van der Waals surface area contributed by atoms with Crippen LogP contribution in [0.4, 0.5) is 0 Å². The van der Waals surface area contributed by atoms with Crippen LogP contribution in [0.1, 0.15) is 0 Å². The first-order valence-corrected chi connectivity index (χ1v) is 5.44. The van der Waals surface area contributed by atoms with Gasteiger partial charge in [0.15, 0.2) is 0 Å². The van der Waals surface area contributed by atoms with Crippen molar-refractivity contribution in [3.8, 4) is 0 Å². The maximum absolute atomic E-state index is 8.41. The lowest BCUT2D eigenvalue weighted by molar-refractivity contribution is -0.00856. The molecule has 0 aliphatic heterocycles. The Morgan fingerprint density at radius 3 is 0.800 bits per heavy atom. The van der Waals surface area contributed by atoms with Crippen LogP contribution < -0.4 is 0 Å². The van der Waals surface area contributed by atoms with Crippen molar-refractivity contribution in [1.82, 2.24) is 0 Å². The molecule has 20 heavy (non-hydrogen) atoms. The first-order chi connectivity index (χ1) is 7.91. The highest BCUT2D eigenvalue weighted by Crippen LogP contribution is 1.82. The molecular formula is C10H30O10. The summed E-state index contributed by atoms with van der Waals surface area (Å²) in [6.45, 7) is 3.79. The molecule has 0 heterocycles. The Morgan fingerprint density at radius 2 is 0.600 bits per heavy atom. The van der Waals surface area contributed by atoms with Crippen molar-refractivity contribution in [2.75, 3.05) is 66.1 Å². The standard InChI is InChI=1S/C10H22O6.4H2O/c11-1-3-13-5-7-15-9-10-16-8-6-14-4-2-12;;;;/h11-12H,1-10H2;4*1H2. The molecule has 0 aliphatic rings. The lowest BCUT2D eigenvalue weighted by Gasteiger charge is -2.06. The van der Waals surface area contributed by atoms with E-state index in [1.165, 1.54) is 0 Å². The third kappa shape index (κ3) is 30.5. The Hall–Kier alpha value is -0.400. The van der Waals surface area contributed by atoms with Crippen LogP contribution in [0.2, 0.25) is 0 Å². The fraction of sp³-hybridized carbons (Fsp3) is 1.00. The molecule has 10 nitrogen and oxygen atoms in total. The van der Waals surface area contributed by atoms with Gasteiger partial charge in [0.05, 0.1) is 66.1 Å². The van der Waals surface area contributed by atoms with E-state index in [4.69, 9.17) is 29.2 Å². The monoisotopic (exact) mass is 310 g/mol. The molecular weight excluding hydrogens is 280 g/mol. The lowest BCUT2D eigenvalue weighted by Crippen LogP contribution is -2.13. The molecule has 10 N–H and O–H groups in total. The van der Waals surface area contributed by atoms with E-state index in [-0.39, 0.29) is 35.1 Å². The van der Waals surface area contributed by atoms with Gasteiger partial charge < -0.3 is 51.1 Å². The van der Waals surface area contributed by atoms with Gasteiger partial charge in [0, 0.05) is 0 Å². The molecule has 0 aromatic heterocycles. The average molecular weight is 310 g/mol. The molecule has 0 rings (SSSR count). The number of hydrogen-bond acceptors (Lipinski definition) is 6. The molecule has 0 aliphatic carbocycles. The average Bonchev–Trinajstić information content (AvgIpc) is 2.31. The minimum atomic E-state index is 0. The summed E-state index contributed by atoms with van der Waals surface area (Å²) in [5, 5.41) is 16.8. The summed E-state index contributed by atoms with van der Waals surface area (Å²) in [6, 6.07) is 0. The van der Waals surface area contributed by atoms with Gasteiger partial charge in [-0.05, 0) is 0 Å². The van der Waals surface area contributed by atoms with Gasteiger partial charge in [0.2, 0.25) is 0 Å². The van der Waals surface area contributed by atoms with Gasteiger partial charge in [-0.1, -0.05) is 0 Å². The van der Waals surface area contributed by atoms with Crippen LogP contribution in [0, 0.1) is 0 Å². The van der Waals surface area contributed by atoms with Crippen molar-refractivity contribution < 1.29 is 51.1 Å². The highest BCUT2D eigenvalue weighted by atomic mass is 16.6. The fourth-order valence-corrected chi connectivity index (χ4v) is 0.891. The molecule has 0 unspecified atom stereocenters. The van der Waals surface area contributed by atoms with Crippen LogP contribution in [0.5, 0.6) is 0 Å². The minimum absolute atomic E-state index is 0. The zero-order valence-electron chi connectivity index (χ0n) is 11.6. The Morgan fingerprint density at radius 1 is 0.400 bits per heavy atom. The van der Waals surface area contributed by atoms with E-state index in [1.54, 1.807) is 0 Å². The molecule has 0 fully saturated rings. The highest BCUT2D eigenvalue weighted by Gasteiger charge is 1.91. The zero-order chi connectivity index (χ0) is 11.9. The van der Waals surface area contributed by atoms with E-state index < -0.39 is 0 Å². The van der Waals surface area contributed by atoms with Crippen LogP contribution in [-0.4, -0.2) is 98.2 Å². The Balaban J connectivity index is -0.000000187. The summed E-state index contributed by atoms with van der Waals surface area (Å²) >= 11 is 0. The minimum Gasteiger partial charge on any atom is -0.412 e. The summed E-state index contributed by atoms with van der Waals surface area (Å²) in [4.78, 5) is 0. The molecule has 0 atom stereocenters. The number of aliphatic hydroxyl groups excluding tert-OH is 2. The fourth-order valence-electron chi connectivity index (χ4n) is 0.891. The summed E-state index contributed by atoms with van der Waals surface area (Å²) in [5.41, 5.74) is 0.